The van der Waals surface area contributed by atoms with Gasteiger partial charge in [-0.3, -0.25) is 0 Å². The van der Waals surface area contributed by atoms with E-state index in [1.165, 1.54) is 55.6 Å². The Balaban J connectivity index is 1.34. The van der Waals surface area contributed by atoms with Crippen molar-refractivity contribution < 1.29 is 4.42 Å². The van der Waals surface area contributed by atoms with E-state index in [0.717, 1.165) is 28.4 Å². The van der Waals surface area contributed by atoms with E-state index in [0.29, 0.717) is 0 Å². The number of allylic oxidation sites excluding steroid dienone is 1. The normalized spacial score (nSPS) is 11.8. The fourth-order valence-electron chi connectivity index (χ4n) is 6.15. The second kappa shape index (κ2) is 11.0. The molecule has 1 heterocycles. The Morgan fingerprint density at radius 2 is 1.29 bits per heavy atom. The van der Waals surface area contributed by atoms with E-state index >= 15 is 0 Å². The molecule has 42 heavy (non-hydrogen) atoms. The number of hydrogen-bond donors (Lipinski definition) is 0. The van der Waals surface area contributed by atoms with E-state index in [1.807, 2.05) is 6.07 Å². The molecule has 0 saturated heterocycles. The topological polar surface area (TPSA) is 13.1 Å². The van der Waals surface area contributed by atoms with Crippen molar-refractivity contribution in [2.75, 3.05) is 0 Å². The zero-order chi connectivity index (χ0) is 28.5. The predicted molar refractivity (Wildman–Crippen MR) is 178 cm³/mol. The van der Waals surface area contributed by atoms with Gasteiger partial charge in [0.1, 0.15) is 11.2 Å². The van der Waals surface area contributed by atoms with Crippen LogP contribution in [0.3, 0.4) is 0 Å². The molecule has 7 rings (SSSR count). The molecule has 0 atom stereocenters. The highest BCUT2D eigenvalue weighted by molar-refractivity contribution is 6.10. The highest BCUT2D eigenvalue weighted by Gasteiger charge is 2.18. The highest BCUT2D eigenvalue weighted by Crippen LogP contribution is 2.41. The summed E-state index contributed by atoms with van der Waals surface area (Å²) in [7, 11) is 0. The van der Waals surface area contributed by atoms with Gasteiger partial charge in [0.05, 0.1) is 0 Å². The summed E-state index contributed by atoms with van der Waals surface area (Å²) >= 11 is 0. The van der Waals surface area contributed by atoms with Crippen LogP contribution in [0, 0.1) is 13.8 Å². The molecule has 1 aromatic heterocycles. The first-order valence-electron chi connectivity index (χ1n) is 14.6. The lowest BCUT2D eigenvalue weighted by atomic mass is 9.88. The fraction of sp³-hybridized carbons (Fsp3) is 0.0732. The first kappa shape index (κ1) is 25.8. The van der Waals surface area contributed by atoms with Gasteiger partial charge in [0.15, 0.2) is 0 Å². The monoisotopic (exact) mass is 540 g/mol. The number of rotatable bonds is 6. The van der Waals surface area contributed by atoms with Crippen LogP contribution in [0.5, 0.6) is 0 Å². The number of fused-ring (bicyclic) bond motifs is 3. The molecule has 0 fully saturated rings. The molecule has 7 aromatic rings. The Morgan fingerprint density at radius 1 is 0.595 bits per heavy atom. The van der Waals surface area contributed by atoms with E-state index in [-0.39, 0.29) is 0 Å². The molecule has 0 aliphatic heterocycles. The molecule has 1 nitrogen and oxygen atoms in total. The van der Waals surface area contributed by atoms with Crippen LogP contribution in [0.25, 0.3) is 49.8 Å². The van der Waals surface area contributed by atoms with Crippen LogP contribution in [0.1, 0.15) is 27.8 Å². The van der Waals surface area contributed by atoms with Crippen molar-refractivity contribution in [3.05, 3.63) is 173 Å². The fourth-order valence-corrected chi connectivity index (χ4v) is 6.15. The molecule has 0 saturated carbocycles. The molecule has 0 unspecified atom stereocenters. The van der Waals surface area contributed by atoms with E-state index < -0.39 is 0 Å². The van der Waals surface area contributed by atoms with E-state index in [4.69, 9.17) is 4.42 Å². The van der Waals surface area contributed by atoms with Crippen LogP contribution < -0.4 is 0 Å². The van der Waals surface area contributed by atoms with Crippen molar-refractivity contribution in [1.29, 1.82) is 0 Å². The van der Waals surface area contributed by atoms with E-state index in [9.17, 15) is 0 Å². The summed E-state index contributed by atoms with van der Waals surface area (Å²) in [5.74, 6) is 0. The van der Waals surface area contributed by atoms with Crippen molar-refractivity contribution in [2.45, 2.75) is 20.3 Å². The van der Waals surface area contributed by atoms with Gasteiger partial charge in [-0.15, -0.1) is 0 Å². The van der Waals surface area contributed by atoms with Gasteiger partial charge < -0.3 is 4.42 Å². The molecular weight excluding hydrogens is 508 g/mol. The summed E-state index contributed by atoms with van der Waals surface area (Å²) in [6.45, 7) is 4.42. The Kier molecular flexibility index (Phi) is 6.78. The van der Waals surface area contributed by atoms with Gasteiger partial charge in [-0.05, 0) is 82.5 Å². The van der Waals surface area contributed by atoms with Crippen molar-refractivity contribution in [2.24, 2.45) is 0 Å². The minimum Gasteiger partial charge on any atom is -0.455 e. The molecule has 0 spiro atoms. The van der Waals surface area contributed by atoms with Gasteiger partial charge in [-0.25, -0.2) is 0 Å². The van der Waals surface area contributed by atoms with Crippen molar-refractivity contribution in [3.8, 4) is 22.3 Å². The van der Waals surface area contributed by atoms with Crippen molar-refractivity contribution >= 4 is 27.5 Å². The van der Waals surface area contributed by atoms with Crippen LogP contribution in [0.4, 0.5) is 0 Å². The van der Waals surface area contributed by atoms with Crippen LogP contribution in [0.2, 0.25) is 0 Å². The minimum atomic E-state index is 0.880. The average molecular weight is 541 g/mol. The maximum Gasteiger partial charge on any atom is 0.143 e. The van der Waals surface area contributed by atoms with Gasteiger partial charge in [0.25, 0.3) is 0 Å². The molecule has 0 aliphatic rings. The number of para-hydroxylation sites is 1. The second-order valence-electron chi connectivity index (χ2n) is 11.0. The average Bonchev–Trinajstić information content (AvgIpc) is 3.41. The first-order valence-corrected chi connectivity index (χ1v) is 14.6. The van der Waals surface area contributed by atoms with Gasteiger partial charge in [-0.1, -0.05) is 133 Å². The summed E-state index contributed by atoms with van der Waals surface area (Å²) in [6.07, 6.45) is 3.24. The van der Waals surface area contributed by atoms with Crippen molar-refractivity contribution in [1.82, 2.24) is 0 Å². The van der Waals surface area contributed by atoms with E-state index in [2.05, 4.69) is 153 Å². The lowest BCUT2D eigenvalue weighted by molar-refractivity contribution is 0.669. The Labute approximate surface area is 247 Å². The molecular formula is C41H32O. The summed E-state index contributed by atoms with van der Waals surface area (Å²) in [6, 6.07) is 49.7. The summed E-state index contributed by atoms with van der Waals surface area (Å²) < 4.78 is 6.47. The zero-order valence-corrected chi connectivity index (χ0v) is 24.0. The molecule has 202 valence electrons. The van der Waals surface area contributed by atoms with Gasteiger partial charge >= 0.3 is 0 Å². The van der Waals surface area contributed by atoms with Crippen LogP contribution in [0.15, 0.2) is 150 Å². The van der Waals surface area contributed by atoms with Gasteiger partial charge in [-0.2, -0.15) is 0 Å². The van der Waals surface area contributed by atoms with E-state index in [1.54, 1.807) is 0 Å². The molecule has 0 N–H and O–H groups in total. The Bertz CT molecular complexity index is 2060. The molecule has 1 heteroatoms. The summed E-state index contributed by atoms with van der Waals surface area (Å²) in [5, 5.41) is 2.32. The summed E-state index contributed by atoms with van der Waals surface area (Å²) in [5.41, 5.74) is 14.2. The van der Waals surface area contributed by atoms with Gasteiger partial charge in [0.2, 0.25) is 0 Å². The lowest BCUT2D eigenvalue weighted by Gasteiger charge is -2.16. The minimum absolute atomic E-state index is 0.880. The third-order valence-electron chi connectivity index (χ3n) is 8.31. The van der Waals surface area contributed by atoms with Crippen LogP contribution in [-0.2, 0) is 6.42 Å². The number of furan rings is 1. The lowest BCUT2D eigenvalue weighted by Crippen LogP contribution is -1.94. The second-order valence-corrected chi connectivity index (χ2v) is 11.0. The quantitative estimate of drug-likeness (QED) is 0.204. The predicted octanol–water partition coefficient (Wildman–Crippen LogP) is 11.2. The number of aryl methyl sites for hydroxylation is 1. The Morgan fingerprint density at radius 3 is 2.12 bits per heavy atom. The molecule has 0 aliphatic carbocycles. The number of hydrogen-bond acceptors (Lipinski definition) is 1. The maximum absolute atomic E-state index is 6.47. The van der Waals surface area contributed by atoms with Crippen molar-refractivity contribution in [3.63, 3.8) is 0 Å². The van der Waals surface area contributed by atoms with Crippen LogP contribution in [-0.4, -0.2) is 0 Å². The maximum atomic E-state index is 6.47. The van der Waals surface area contributed by atoms with Gasteiger partial charge in [0, 0.05) is 16.3 Å². The molecule has 0 radical (unpaired) electrons. The number of benzene rings is 6. The zero-order valence-electron chi connectivity index (χ0n) is 24.0. The first-order chi connectivity index (χ1) is 20.7. The SMILES string of the molecule is Cc1ccc2c(oc3ccccc32)c1-c1cccc(-c2cccc(/C(=C\Cc3ccccc3)c3ccccc3)c2)c1C. The third-order valence-corrected chi connectivity index (χ3v) is 8.31. The largest absolute Gasteiger partial charge is 0.455 e. The smallest absolute Gasteiger partial charge is 0.143 e. The molecule has 6 aromatic carbocycles. The summed E-state index contributed by atoms with van der Waals surface area (Å²) in [4.78, 5) is 0. The Hall–Kier alpha value is -5.14. The standard InChI is InChI=1S/C41H32O/c1-28-23-25-38-37-19-9-10-22-39(37)42-41(38)40(28)35-21-12-20-34(29(35)2)32-17-11-18-33(27-32)36(31-15-7-4-8-16-31)26-24-30-13-5-3-6-14-30/h3-23,25-27H,24H2,1-2H3/b36-26-. The van der Waals surface area contributed by atoms with Crippen LogP contribution >= 0.6 is 0 Å². The third kappa shape index (κ3) is 4.74. The molecule has 0 amide bonds. The molecule has 0 bridgehead atoms. The highest BCUT2D eigenvalue weighted by atomic mass is 16.3.